The third-order valence-electron chi connectivity index (χ3n) is 22.0. The van der Waals surface area contributed by atoms with Crippen LogP contribution in [0.5, 0.6) is 0 Å². The van der Waals surface area contributed by atoms with E-state index in [-0.39, 0.29) is 10.8 Å². The molecule has 0 amide bonds. The third-order valence-corrected chi connectivity index (χ3v) is 23.2. The summed E-state index contributed by atoms with van der Waals surface area (Å²) in [6.45, 7) is 14.0. The van der Waals surface area contributed by atoms with Crippen molar-refractivity contribution in [2.75, 3.05) is 9.80 Å². The second kappa shape index (κ2) is 20.9. The van der Waals surface area contributed by atoms with Crippen molar-refractivity contribution in [3.63, 3.8) is 0 Å². The molecule has 96 heavy (non-hydrogen) atoms. The van der Waals surface area contributed by atoms with Gasteiger partial charge in [0.15, 0.2) is 0 Å². The van der Waals surface area contributed by atoms with Crippen LogP contribution < -0.4 is 9.80 Å². The van der Waals surface area contributed by atoms with Gasteiger partial charge in [-0.2, -0.15) is 0 Å². The maximum absolute atomic E-state index is 2.52. The molecule has 0 saturated heterocycles. The van der Waals surface area contributed by atoms with E-state index < -0.39 is 5.41 Å². The minimum Gasteiger partial charge on any atom is -0.310 e. The maximum Gasteiger partial charge on any atom is 0.0725 e. The van der Waals surface area contributed by atoms with Crippen LogP contribution in [-0.4, -0.2) is 0 Å². The summed E-state index contributed by atoms with van der Waals surface area (Å²) < 4.78 is 2.63. The number of anilines is 6. The van der Waals surface area contributed by atoms with Crippen LogP contribution in [0.2, 0.25) is 0 Å². The van der Waals surface area contributed by atoms with E-state index in [9.17, 15) is 0 Å². The first-order chi connectivity index (χ1) is 46.9. The molecular weight excluding hydrogens is 1180 g/mol. The van der Waals surface area contributed by atoms with Gasteiger partial charge in [-0.05, 0) is 215 Å². The zero-order valence-corrected chi connectivity index (χ0v) is 55.5. The van der Waals surface area contributed by atoms with Crippen molar-refractivity contribution in [2.45, 2.75) is 57.8 Å². The Morgan fingerprint density at radius 2 is 0.604 bits per heavy atom. The van der Waals surface area contributed by atoms with E-state index in [2.05, 4.69) is 355 Å². The van der Waals surface area contributed by atoms with Crippen LogP contribution in [0.3, 0.4) is 0 Å². The molecule has 0 fully saturated rings. The molecular formula is C93H68N2S. The van der Waals surface area contributed by atoms with Gasteiger partial charge >= 0.3 is 0 Å². The molecule has 456 valence electrons. The Hall–Kier alpha value is -11.1. The average Bonchev–Trinajstić information content (AvgIpc) is 1.51. The van der Waals surface area contributed by atoms with E-state index in [1.54, 1.807) is 0 Å². The molecule has 15 aromatic rings. The van der Waals surface area contributed by atoms with Crippen LogP contribution in [0.25, 0.3) is 98.1 Å². The number of aryl methyl sites for hydroxylation is 2. The Balaban J connectivity index is 0.758. The zero-order valence-electron chi connectivity index (χ0n) is 54.7. The molecule has 3 heteroatoms. The first-order valence-electron chi connectivity index (χ1n) is 33.8. The largest absolute Gasteiger partial charge is 0.310 e. The summed E-state index contributed by atoms with van der Waals surface area (Å²) in [6.07, 6.45) is 0. The third kappa shape index (κ3) is 8.17. The van der Waals surface area contributed by atoms with Crippen molar-refractivity contribution in [2.24, 2.45) is 0 Å². The summed E-state index contributed by atoms with van der Waals surface area (Å²) in [4.78, 5) is 4.98. The molecule has 0 unspecified atom stereocenters. The van der Waals surface area contributed by atoms with Crippen molar-refractivity contribution < 1.29 is 0 Å². The number of hydrogen-bond donors (Lipinski definition) is 0. The van der Waals surface area contributed by atoms with Gasteiger partial charge < -0.3 is 9.80 Å². The highest BCUT2D eigenvalue weighted by Crippen LogP contribution is 2.64. The molecule has 0 radical (unpaired) electrons. The number of benzene rings is 14. The van der Waals surface area contributed by atoms with Crippen LogP contribution in [-0.2, 0) is 16.2 Å². The smallest absolute Gasteiger partial charge is 0.0725 e. The molecule has 1 aromatic heterocycles. The maximum atomic E-state index is 2.52. The topological polar surface area (TPSA) is 6.48 Å². The number of nitrogens with zero attached hydrogens (tertiary/aromatic N) is 2. The highest BCUT2D eigenvalue weighted by Gasteiger charge is 2.52. The predicted octanol–water partition coefficient (Wildman–Crippen LogP) is 25.6. The lowest BCUT2D eigenvalue weighted by Crippen LogP contribution is -2.25. The minimum atomic E-state index is -0.434. The number of hydrogen-bond acceptors (Lipinski definition) is 3. The lowest BCUT2D eigenvalue weighted by atomic mass is 9.70. The molecule has 0 saturated carbocycles. The van der Waals surface area contributed by atoms with Gasteiger partial charge in [-0.1, -0.05) is 263 Å². The van der Waals surface area contributed by atoms with Crippen LogP contribution in [0.15, 0.2) is 303 Å². The second-order valence-corrected chi connectivity index (χ2v) is 29.1. The quantitative estimate of drug-likeness (QED) is 0.142. The second-order valence-electron chi connectivity index (χ2n) is 28.1. The summed E-state index contributed by atoms with van der Waals surface area (Å²) in [7, 11) is 0. The Morgan fingerprint density at radius 1 is 0.240 bits per heavy atom. The summed E-state index contributed by atoms with van der Waals surface area (Å²) in [5, 5.41) is 2.62. The molecule has 4 aliphatic carbocycles. The van der Waals surface area contributed by atoms with Gasteiger partial charge in [0.25, 0.3) is 0 Å². The van der Waals surface area contributed by atoms with Gasteiger partial charge in [-0.3, -0.25) is 0 Å². The highest BCUT2D eigenvalue weighted by atomic mass is 32.1. The monoisotopic (exact) mass is 1240 g/mol. The Morgan fingerprint density at radius 3 is 1.17 bits per heavy atom. The minimum absolute atomic E-state index is 0.179. The Labute approximate surface area is 566 Å². The van der Waals surface area contributed by atoms with E-state index in [0.29, 0.717) is 0 Å². The van der Waals surface area contributed by atoms with Crippen LogP contribution >= 0.6 is 11.3 Å². The first-order valence-corrected chi connectivity index (χ1v) is 34.6. The lowest BCUT2D eigenvalue weighted by molar-refractivity contribution is 0.659. The van der Waals surface area contributed by atoms with Gasteiger partial charge in [0.2, 0.25) is 0 Å². The number of rotatable bonds is 9. The summed E-state index contributed by atoms with van der Waals surface area (Å²) in [6, 6.07) is 115. The average molecular weight is 1250 g/mol. The van der Waals surface area contributed by atoms with Crippen molar-refractivity contribution in [3.8, 4) is 77.9 Å². The van der Waals surface area contributed by atoms with Crippen LogP contribution in [0.4, 0.5) is 34.1 Å². The SMILES string of the molecule is Cc1ccc2c(c1)C(C)(C)c1cc(N(c3ccc(-c4ccc(N(c5ccc(-c6cccc7c6sc6ccccc67)cc5)c5ccc6c(c5)-c5ccccc5C65c6ccccc6-c6ccccc65)cc4)c(-c4ccccc4)c3)c3ccc4c(c3)C(C)(C)c3cc(C)ccc3-4)ccc1-2. The number of fused-ring (bicyclic) bond motifs is 19. The molecule has 0 atom stereocenters. The van der Waals surface area contributed by atoms with Crippen LogP contribution in [0, 0.1) is 13.8 Å². The standard InChI is InChI=1S/C93H68N2S/c1-57-31-45-73-75-48-42-66(55-87(75)91(3,4)85(73)51-57)95(67-43-49-76-74-46-32-58(2)52-86(74)92(5,6)88(76)56-67)64-41-47-68(79(53-64)59-19-8-7-9-20-59)60-33-37-62(38-34-60)94(63-39-35-61(36-40-63)69-25-18-26-78-77-24-13-17-30-89(77)96-90(69)78)65-44-50-84-80(54-65)72-23-12-16-29-83(72)93(84)81-27-14-10-21-70(81)71-22-11-15-28-82(71)93/h7-56H,1-6H3. The summed E-state index contributed by atoms with van der Waals surface area (Å²) in [5.74, 6) is 0. The molecule has 0 aliphatic heterocycles. The number of thiophene rings is 1. The molecule has 0 N–H and O–H groups in total. The summed E-state index contributed by atoms with van der Waals surface area (Å²) >= 11 is 1.88. The van der Waals surface area contributed by atoms with E-state index in [1.807, 2.05) is 11.3 Å². The van der Waals surface area contributed by atoms with Crippen molar-refractivity contribution in [1.82, 2.24) is 0 Å². The predicted molar refractivity (Wildman–Crippen MR) is 406 cm³/mol. The molecule has 2 nitrogen and oxygen atoms in total. The van der Waals surface area contributed by atoms with Gasteiger partial charge in [0, 0.05) is 65.1 Å². The lowest BCUT2D eigenvalue weighted by Gasteiger charge is -2.31. The Bertz CT molecular complexity index is 5590. The molecule has 0 bridgehead atoms. The fraction of sp³-hybridized carbons (Fsp3) is 0.0968. The van der Waals surface area contributed by atoms with E-state index in [4.69, 9.17) is 0 Å². The van der Waals surface area contributed by atoms with Crippen LogP contribution in [0.1, 0.15) is 83.3 Å². The molecule has 1 spiro atoms. The van der Waals surface area contributed by atoms with Gasteiger partial charge in [0.1, 0.15) is 0 Å². The summed E-state index contributed by atoms with van der Waals surface area (Å²) in [5.41, 5.74) is 36.8. The van der Waals surface area contributed by atoms with Gasteiger partial charge in [-0.15, -0.1) is 11.3 Å². The van der Waals surface area contributed by atoms with Gasteiger partial charge in [0.05, 0.1) is 5.41 Å². The van der Waals surface area contributed by atoms with Crippen molar-refractivity contribution in [1.29, 1.82) is 0 Å². The zero-order chi connectivity index (χ0) is 64.3. The fourth-order valence-corrected chi connectivity index (χ4v) is 18.7. The van der Waals surface area contributed by atoms with E-state index in [0.717, 1.165) is 45.3 Å². The normalized spacial score (nSPS) is 14.2. The van der Waals surface area contributed by atoms with E-state index in [1.165, 1.54) is 143 Å². The van der Waals surface area contributed by atoms with Crippen molar-refractivity contribution in [3.05, 3.63) is 359 Å². The fourth-order valence-electron chi connectivity index (χ4n) is 17.4. The Kier molecular flexibility index (Phi) is 12.3. The molecule has 19 rings (SSSR count). The van der Waals surface area contributed by atoms with Gasteiger partial charge in [-0.25, -0.2) is 0 Å². The molecule has 4 aliphatic rings. The van der Waals surface area contributed by atoms with Crippen molar-refractivity contribution >= 4 is 65.6 Å². The van der Waals surface area contributed by atoms with E-state index >= 15 is 0 Å². The first kappa shape index (κ1) is 56.4. The molecule has 1 heterocycles. The molecule has 14 aromatic carbocycles. The highest BCUT2D eigenvalue weighted by molar-refractivity contribution is 7.26.